The van der Waals surface area contributed by atoms with Crippen molar-refractivity contribution in [3.05, 3.63) is 29.3 Å². The van der Waals surface area contributed by atoms with E-state index in [0.29, 0.717) is 18.0 Å². The maximum atomic E-state index is 13.0. The lowest BCUT2D eigenvalue weighted by atomic mass is 9.55. The molecule has 1 spiro atoms. The highest BCUT2D eigenvalue weighted by molar-refractivity contribution is 5.99. The molecule has 5 aliphatic rings. The molecule has 2 bridgehead atoms. The van der Waals surface area contributed by atoms with Gasteiger partial charge in [-0.15, -0.1) is 0 Å². The fraction of sp³-hybridized carbons (Fsp3) is 0.591. The fourth-order valence-electron chi connectivity index (χ4n) is 7.23. The Bertz CT molecular complexity index is 945. The van der Waals surface area contributed by atoms with Gasteiger partial charge in [0.1, 0.15) is 0 Å². The predicted octanol–water partition coefficient (Wildman–Crippen LogP) is 1.37. The second-order valence-electron chi connectivity index (χ2n) is 9.05. The van der Waals surface area contributed by atoms with Crippen LogP contribution in [0.5, 0.6) is 11.5 Å². The number of methoxy groups -OCH3 is 1. The highest BCUT2D eigenvalue weighted by atomic mass is 16.6. The molecule has 1 aromatic carbocycles. The summed E-state index contributed by atoms with van der Waals surface area (Å²) in [6.07, 6.45) is 3.03. The maximum Gasteiger partial charge on any atom is 0.224 e. The molecule has 0 aromatic heterocycles. The number of hydrogen-bond donors (Lipinski definition) is 2. The first-order valence-corrected chi connectivity index (χ1v) is 10.4. The van der Waals surface area contributed by atoms with Crippen molar-refractivity contribution in [1.29, 1.82) is 0 Å². The van der Waals surface area contributed by atoms with Crippen molar-refractivity contribution in [3.63, 3.8) is 0 Å². The molecule has 6 atom stereocenters. The summed E-state index contributed by atoms with van der Waals surface area (Å²) in [5, 5.41) is 22.1. The van der Waals surface area contributed by atoms with Gasteiger partial charge in [0, 0.05) is 30.8 Å². The summed E-state index contributed by atoms with van der Waals surface area (Å²) in [4.78, 5) is 17.2. The van der Waals surface area contributed by atoms with E-state index >= 15 is 0 Å². The molecule has 0 unspecified atom stereocenters. The Balaban J connectivity index is 1.65. The third kappa shape index (κ3) is 1.96. The van der Waals surface area contributed by atoms with Gasteiger partial charge in [-0.1, -0.05) is 17.7 Å². The number of benzene rings is 1. The Morgan fingerprint density at radius 3 is 2.97 bits per heavy atom. The molecule has 29 heavy (non-hydrogen) atoms. The number of carbonyl (C=O) groups excluding carboxylic acids is 1. The number of phenolic OH excluding ortho intramolecular Hbond substituents is 1. The van der Waals surface area contributed by atoms with Crippen LogP contribution in [0.25, 0.3) is 0 Å². The molecule has 4 aliphatic heterocycles. The van der Waals surface area contributed by atoms with E-state index in [1.807, 2.05) is 6.07 Å². The van der Waals surface area contributed by atoms with E-state index in [9.17, 15) is 15.0 Å². The Morgan fingerprint density at radius 2 is 2.21 bits per heavy atom. The Kier molecular flexibility index (Phi) is 3.51. The van der Waals surface area contributed by atoms with Crippen LogP contribution in [0.2, 0.25) is 0 Å². The Labute approximate surface area is 169 Å². The van der Waals surface area contributed by atoms with E-state index in [4.69, 9.17) is 9.47 Å². The van der Waals surface area contributed by atoms with Gasteiger partial charge in [-0.2, -0.15) is 0 Å². The van der Waals surface area contributed by atoms with E-state index in [2.05, 4.69) is 11.0 Å². The Hall–Kier alpha value is -2.09. The average Bonchev–Trinajstić information content (AvgIpc) is 3.17. The SMILES string of the molecule is COc1ccc2c(c1O)N(C(C)=O)[C@H]1[C@@H]3[C@H](O)OCC=C4CN5CC[C@]21[C@@H]5C[C@H]43. The number of ether oxygens (including phenoxy) is 2. The number of carbonyl (C=O) groups is 1. The van der Waals surface area contributed by atoms with Crippen molar-refractivity contribution in [1.82, 2.24) is 4.90 Å². The highest BCUT2D eigenvalue weighted by Crippen LogP contribution is 2.66. The van der Waals surface area contributed by atoms with Gasteiger partial charge in [0.2, 0.25) is 5.91 Å². The largest absolute Gasteiger partial charge is 0.503 e. The van der Waals surface area contributed by atoms with Gasteiger partial charge in [0.25, 0.3) is 0 Å². The second kappa shape index (κ2) is 5.74. The predicted molar refractivity (Wildman–Crippen MR) is 105 cm³/mol. The van der Waals surface area contributed by atoms with Gasteiger partial charge in [0.15, 0.2) is 17.8 Å². The molecule has 2 N–H and O–H groups in total. The normalized spacial score (nSPS) is 39.5. The molecule has 1 amide bonds. The summed E-state index contributed by atoms with van der Waals surface area (Å²) in [5.74, 6) is 0.210. The lowest BCUT2D eigenvalue weighted by Crippen LogP contribution is -2.66. The third-order valence-corrected chi connectivity index (χ3v) is 8.18. The lowest BCUT2D eigenvalue weighted by Gasteiger charge is -2.56. The molecule has 2 saturated heterocycles. The fourth-order valence-corrected chi connectivity index (χ4v) is 7.23. The number of aliphatic hydroxyl groups excluding tert-OH is 1. The van der Waals surface area contributed by atoms with E-state index < -0.39 is 6.29 Å². The minimum atomic E-state index is -0.941. The van der Waals surface area contributed by atoms with Gasteiger partial charge in [-0.25, -0.2) is 0 Å². The number of amides is 1. The molecule has 154 valence electrons. The number of anilines is 1. The molecule has 3 fully saturated rings. The number of aromatic hydroxyl groups is 1. The first-order chi connectivity index (χ1) is 14.0. The van der Waals surface area contributed by atoms with E-state index in [-0.39, 0.29) is 41.0 Å². The molecule has 1 aliphatic carbocycles. The topological polar surface area (TPSA) is 82.5 Å². The number of fused-ring (bicyclic) bond motifs is 2. The van der Waals surface area contributed by atoms with Gasteiger partial charge in [-0.3, -0.25) is 9.69 Å². The van der Waals surface area contributed by atoms with Crippen molar-refractivity contribution in [2.75, 3.05) is 31.7 Å². The van der Waals surface area contributed by atoms with Crippen LogP contribution in [0.1, 0.15) is 25.3 Å². The van der Waals surface area contributed by atoms with Crippen molar-refractivity contribution in [2.45, 2.75) is 43.6 Å². The quantitative estimate of drug-likeness (QED) is 0.696. The zero-order chi connectivity index (χ0) is 20.1. The van der Waals surface area contributed by atoms with Crippen LogP contribution in [-0.4, -0.2) is 66.2 Å². The van der Waals surface area contributed by atoms with Gasteiger partial charge < -0.3 is 24.6 Å². The van der Waals surface area contributed by atoms with Crippen LogP contribution in [0.3, 0.4) is 0 Å². The molecule has 6 rings (SSSR count). The number of phenols is 1. The summed E-state index contributed by atoms with van der Waals surface area (Å²) in [6, 6.07) is 3.85. The van der Waals surface area contributed by atoms with E-state index in [1.165, 1.54) is 12.7 Å². The summed E-state index contributed by atoms with van der Waals surface area (Å²) < 4.78 is 11.1. The third-order valence-electron chi connectivity index (χ3n) is 8.18. The van der Waals surface area contributed by atoms with Gasteiger partial charge >= 0.3 is 0 Å². The van der Waals surface area contributed by atoms with Crippen molar-refractivity contribution >= 4 is 11.6 Å². The van der Waals surface area contributed by atoms with Gasteiger partial charge in [-0.05, 0) is 36.9 Å². The van der Waals surface area contributed by atoms with Crippen LogP contribution in [0.15, 0.2) is 23.8 Å². The molecule has 4 heterocycles. The van der Waals surface area contributed by atoms with E-state index in [0.717, 1.165) is 31.5 Å². The maximum absolute atomic E-state index is 13.0. The number of hydrogen-bond acceptors (Lipinski definition) is 6. The minimum absolute atomic E-state index is 0.0109. The van der Waals surface area contributed by atoms with Crippen LogP contribution in [-0.2, 0) is 14.9 Å². The highest BCUT2D eigenvalue weighted by Gasteiger charge is 2.69. The van der Waals surface area contributed by atoms with Crippen LogP contribution < -0.4 is 9.64 Å². The first kappa shape index (κ1) is 17.7. The van der Waals surface area contributed by atoms with Crippen LogP contribution >= 0.6 is 0 Å². The molecular formula is C22H26N2O5. The minimum Gasteiger partial charge on any atom is -0.503 e. The molecular weight excluding hydrogens is 372 g/mol. The molecule has 7 heteroatoms. The number of piperidine rings is 1. The van der Waals surface area contributed by atoms with Crippen LogP contribution in [0.4, 0.5) is 5.69 Å². The Morgan fingerprint density at radius 1 is 1.38 bits per heavy atom. The standard InChI is InChI=1S/C22H26N2O5/c1-11(25)24-18-14(3-4-15(28-2)19(18)26)22-6-7-23-10-12-5-8-29-21(27)17(20(22)24)13(12)9-16(22)23/h3-5,13,16-17,20-21,26-27H,6-10H2,1-2H3/t13-,16+,17-,20+,21-,22-/m1/s1. The molecule has 0 radical (unpaired) electrons. The first-order valence-electron chi connectivity index (χ1n) is 10.4. The second-order valence-corrected chi connectivity index (χ2v) is 9.05. The number of aliphatic hydroxyl groups is 1. The van der Waals surface area contributed by atoms with Gasteiger partial charge in [0.05, 0.1) is 25.4 Å². The molecule has 1 aromatic rings. The number of nitrogens with zero attached hydrogens (tertiary/aromatic N) is 2. The number of rotatable bonds is 1. The summed E-state index contributed by atoms with van der Waals surface area (Å²) in [5.41, 5.74) is 2.56. The molecule has 1 saturated carbocycles. The molecule has 7 nitrogen and oxygen atoms in total. The zero-order valence-corrected chi connectivity index (χ0v) is 16.7. The van der Waals surface area contributed by atoms with Crippen molar-refractivity contribution in [3.8, 4) is 11.5 Å². The van der Waals surface area contributed by atoms with Crippen molar-refractivity contribution in [2.24, 2.45) is 11.8 Å². The summed E-state index contributed by atoms with van der Waals surface area (Å²) in [6.45, 7) is 3.79. The lowest BCUT2D eigenvalue weighted by molar-refractivity contribution is -0.156. The zero-order valence-electron chi connectivity index (χ0n) is 16.7. The monoisotopic (exact) mass is 398 g/mol. The van der Waals surface area contributed by atoms with E-state index in [1.54, 1.807) is 17.9 Å². The van der Waals surface area contributed by atoms with Crippen molar-refractivity contribution < 1.29 is 24.5 Å². The van der Waals surface area contributed by atoms with Crippen LogP contribution in [0, 0.1) is 11.8 Å². The summed E-state index contributed by atoms with van der Waals surface area (Å²) in [7, 11) is 1.52. The smallest absolute Gasteiger partial charge is 0.224 e. The summed E-state index contributed by atoms with van der Waals surface area (Å²) >= 11 is 0. The average molecular weight is 398 g/mol.